The lowest BCUT2D eigenvalue weighted by atomic mass is 10.0. The Kier molecular flexibility index (Phi) is 2.56. The summed E-state index contributed by atoms with van der Waals surface area (Å²) in [6.45, 7) is 2.09. The lowest BCUT2D eigenvalue weighted by molar-refractivity contribution is -0.130. The summed E-state index contributed by atoms with van der Waals surface area (Å²) >= 11 is 0. The number of benzene rings is 1. The van der Waals surface area contributed by atoms with Crippen molar-refractivity contribution in [2.24, 2.45) is 0 Å². The van der Waals surface area contributed by atoms with Gasteiger partial charge in [0.05, 0.1) is 0 Å². The monoisotopic (exact) mass is 218 g/mol. The molecule has 0 spiro atoms. The molecule has 1 aliphatic rings. The summed E-state index contributed by atoms with van der Waals surface area (Å²) in [5.74, 6) is -0.864. The van der Waals surface area contributed by atoms with Crippen molar-refractivity contribution in [2.45, 2.75) is 19.4 Å². The molecule has 0 saturated carbocycles. The number of carbonyl (C=O) groups excluding carboxylic acids is 3. The van der Waals surface area contributed by atoms with Crippen LogP contribution in [-0.2, 0) is 16.0 Å². The number of ketones is 2. The lowest BCUT2D eigenvalue weighted by Crippen LogP contribution is -2.25. The zero-order chi connectivity index (χ0) is 11.7. The normalized spacial score (nSPS) is 18.4. The molecule has 0 fully saturated rings. The van der Waals surface area contributed by atoms with Gasteiger partial charge in [0.1, 0.15) is 0 Å². The molecule has 0 aliphatic heterocycles. The number of aryl methyl sites for hydroxylation is 1. The van der Waals surface area contributed by atoms with Crippen LogP contribution in [0, 0.1) is 0 Å². The van der Waals surface area contributed by atoms with E-state index in [4.69, 9.17) is 0 Å². The Bertz CT molecular complexity index is 476. The number of ether oxygens (including phenoxy) is 1. The average Bonchev–Trinajstić information content (AvgIpc) is 2.54. The first-order valence-corrected chi connectivity index (χ1v) is 4.99. The van der Waals surface area contributed by atoms with E-state index in [-0.39, 0.29) is 6.47 Å². The Morgan fingerprint density at radius 3 is 2.56 bits per heavy atom. The Balaban J connectivity index is 2.47. The maximum absolute atomic E-state index is 11.8. The first-order valence-electron chi connectivity index (χ1n) is 4.99. The molecule has 0 radical (unpaired) electrons. The molecule has 16 heavy (non-hydrogen) atoms. The van der Waals surface area contributed by atoms with Crippen LogP contribution in [0.2, 0.25) is 0 Å². The molecule has 0 heterocycles. The third-order valence-corrected chi connectivity index (χ3v) is 2.69. The predicted molar refractivity (Wildman–Crippen MR) is 55.4 cm³/mol. The van der Waals surface area contributed by atoms with Crippen molar-refractivity contribution >= 4 is 18.0 Å². The molecule has 1 aromatic carbocycles. The number of Topliss-reactive ketones (excluding diaryl/α,β-unsaturated/α-hetero) is 2. The zero-order valence-electron chi connectivity index (χ0n) is 8.73. The van der Waals surface area contributed by atoms with Gasteiger partial charge in [0, 0.05) is 11.1 Å². The molecule has 0 N–H and O–H groups in total. The molecule has 1 aromatic rings. The standard InChI is InChI=1S/C12H10O4/c1-2-7-3-4-8-9(5-7)11(15)12(10(8)14)16-6-13/h3-6,12H,2H2,1H3. The van der Waals surface area contributed by atoms with Gasteiger partial charge in [-0.2, -0.15) is 0 Å². The molecule has 82 valence electrons. The van der Waals surface area contributed by atoms with Crippen LogP contribution in [0.25, 0.3) is 0 Å². The van der Waals surface area contributed by atoms with Crippen LogP contribution in [0.15, 0.2) is 18.2 Å². The van der Waals surface area contributed by atoms with Gasteiger partial charge in [-0.3, -0.25) is 14.4 Å². The summed E-state index contributed by atoms with van der Waals surface area (Å²) in [4.78, 5) is 33.7. The Labute approximate surface area is 92.2 Å². The molecule has 0 aromatic heterocycles. The minimum Gasteiger partial charge on any atom is -0.448 e. The highest BCUT2D eigenvalue weighted by atomic mass is 16.5. The molecular formula is C12H10O4. The fourth-order valence-electron chi connectivity index (χ4n) is 1.81. The number of hydrogen-bond donors (Lipinski definition) is 0. The molecule has 4 heteroatoms. The Morgan fingerprint density at radius 2 is 1.94 bits per heavy atom. The van der Waals surface area contributed by atoms with Gasteiger partial charge >= 0.3 is 0 Å². The molecule has 0 amide bonds. The van der Waals surface area contributed by atoms with E-state index in [0.717, 1.165) is 12.0 Å². The van der Waals surface area contributed by atoms with Crippen molar-refractivity contribution in [1.82, 2.24) is 0 Å². The van der Waals surface area contributed by atoms with Gasteiger partial charge in [-0.15, -0.1) is 0 Å². The largest absolute Gasteiger partial charge is 0.448 e. The van der Waals surface area contributed by atoms with Crippen LogP contribution in [-0.4, -0.2) is 24.1 Å². The van der Waals surface area contributed by atoms with Gasteiger partial charge in [0.15, 0.2) is 0 Å². The fourth-order valence-corrected chi connectivity index (χ4v) is 1.81. The molecule has 2 rings (SSSR count). The summed E-state index contributed by atoms with van der Waals surface area (Å²) in [7, 11) is 0. The van der Waals surface area contributed by atoms with Gasteiger partial charge in [0.25, 0.3) is 6.47 Å². The third kappa shape index (κ3) is 1.43. The van der Waals surface area contributed by atoms with Gasteiger partial charge in [-0.25, -0.2) is 0 Å². The van der Waals surface area contributed by atoms with Crippen molar-refractivity contribution in [3.05, 3.63) is 34.9 Å². The number of rotatable bonds is 3. The highest BCUT2D eigenvalue weighted by Gasteiger charge is 2.40. The van der Waals surface area contributed by atoms with Crippen molar-refractivity contribution in [3.63, 3.8) is 0 Å². The maximum atomic E-state index is 11.8. The van der Waals surface area contributed by atoms with Crippen molar-refractivity contribution in [1.29, 1.82) is 0 Å². The Hall–Kier alpha value is -1.97. The number of fused-ring (bicyclic) bond motifs is 1. The summed E-state index contributed by atoms with van der Waals surface area (Å²) < 4.78 is 4.50. The molecule has 1 aliphatic carbocycles. The second-order valence-corrected chi connectivity index (χ2v) is 3.57. The van der Waals surface area contributed by atoms with Crippen LogP contribution in [0.5, 0.6) is 0 Å². The molecule has 1 atom stereocenters. The van der Waals surface area contributed by atoms with Gasteiger partial charge in [-0.05, 0) is 18.1 Å². The average molecular weight is 218 g/mol. The molecular weight excluding hydrogens is 208 g/mol. The second kappa shape index (κ2) is 3.89. The van der Waals surface area contributed by atoms with E-state index in [0.29, 0.717) is 11.1 Å². The highest BCUT2D eigenvalue weighted by molar-refractivity contribution is 6.29. The van der Waals surface area contributed by atoms with Gasteiger partial charge < -0.3 is 4.74 Å². The number of carbonyl (C=O) groups is 3. The van der Waals surface area contributed by atoms with Crippen molar-refractivity contribution in [2.75, 3.05) is 0 Å². The summed E-state index contributed by atoms with van der Waals surface area (Å²) in [5, 5.41) is 0. The molecule has 1 unspecified atom stereocenters. The molecule has 4 nitrogen and oxygen atoms in total. The SMILES string of the molecule is CCc1ccc2c(c1)C(=O)C(OC=O)C2=O. The van der Waals surface area contributed by atoms with Gasteiger partial charge in [-0.1, -0.05) is 19.1 Å². The minimum absolute atomic E-state index is 0.132. The summed E-state index contributed by atoms with van der Waals surface area (Å²) in [6, 6.07) is 5.10. The second-order valence-electron chi connectivity index (χ2n) is 3.57. The van der Waals surface area contributed by atoms with E-state index < -0.39 is 17.7 Å². The van der Waals surface area contributed by atoms with E-state index >= 15 is 0 Å². The van der Waals surface area contributed by atoms with E-state index in [2.05, 4.69) is 4.74 Å². The lowest BCUT2D eigenvalue weighted by Gasteiger charge is -2.01. The van der Waals surface area contributed by atoms with Crippen molar-refractivity contribution < 1.29 is 19.1 Å². The van der Waals surface area contributed by atoms with Crippen LogP contribution in [0.4, 0.5) is 0 Å². The summed E-state index contributed by atoms with van der Waals surface area (Å²) in [5.41, 5.74) is 1.68. The quantitative estimate of drug-likeness (QED) is 0.564. The first kappa shape index (κ1) is 10.5. The first-order chi connectivity index (χ1) is 7.69. The molecule has 0 saturated heterocycles. The maximum Gasteiger partial charge on any atom is 0.294 e. The van der Waals surface area contributed by atoms with E-state index in [1.54, 1.807) is 18.2 Å². The van der Waals surface area contributed by atoms with Crippen molar-refractivity contribution in [3.8, 4) is 0 Å². The predicted octanol–water partition coefficient (Wildman–Crippen LogP) is 1.17. The third-order valence-electron chi connectivity index (χ3n) is 2.69. The highest BCUT2D eigenvalue weighted by Crippen LogP contribution is 2.25. The molecule has 0 bridgehead atoms. The Morgan fingerprint density at radius 1 is 1.25 bits per heavy atom. The van der Waals surface area contributed by atoms with E-state index in [9.17, 15) is 14.4 Å². The van der Waals surface area contributed by atoms with Crippen LogP contribution in [0.3, 0.4) is 0 Å². The van der Waals surface area contributed by atoms with Crippen LogP contribution in [0.1, 0.15) is 33.2 Å². The smallest absolute Gasteiger partial charge is 0.294 e. The zero-order valence-corrected chi connectivity index (χ0v) is 8.73. The van der Waals surface area contributed by atoms with E-state index in [1.165, 1.54) is 0 Å². The van der Waals surface area contributed by atoms with Gasteiger partial charge in [0.2, 0.25) is 17.7 Å². The summed E-state index contributed by atoms with van der Waals surface area (Å²) in [6.07, 6.45) is -0.492. The van der Waals surface area contributed by atoms with E-state index in [1.807, 2.05) is 6.92 Å². The van der Waals surface area contributed by atoms with Crippen LogP contribution < -0.4 is 0 Å². The number of hydrogen-bond acceptors (Lipinski definition) is 4. The minimum atomic E-state index is -1.28. The topological polar surface area (TPSA) is 60.4 Å². The van der Waals surface area contributed by atoms with Crippen LogP contribution >= 0.6 is 0 Å². The fraction of sp³-hybridized carbons (Fsp3) is 0.250.